The van der Waals surface area contributed by atoms with Gasteiger partial charge in [0.15, 0.2) is 0 Å². The van der Waals surface area contributed by atoms with Gasteiger partial charge in [-0.1, -0.05) is 0 Å². The van der Waals surface area contributed by atoms with Crippen molar-refractivity contribution in [3.8, 4) is 0 Å². The monoisotopic (exact) mass is 168 g/mol. The zero-order chi connectivity index (χ0) is 5.82. The summed E-state index contributed by atoms with van der Waals surface area (Å²) in [6, 6.07) is 0. The molecule has 0 saturated heterocycles. The average Bonchev–Trinajstić information content (AvgIpc) is 1.90. The van der Waals surface area contributed by atoms with E-state index in [0.717, 1.165) is 11.9 Å². The summed E-state index contributed by atoms with van der Waals surface area (Å²) < 4.78 is 0. The van der Waals surface area contributed by atoms with Crippen LogP contribution < -0.4 is 0 Å². The molecule has 1 nitrogen and oxygen atoms in total. The number of carbonyl (C=O) groups is 1. The molecule has 0 aliphatic carbocycles. The molecule has 0 aromatic carbocycles. The van der Waals surface area contributed by atoms with Crippen molar-refractivity contribution in [3.05, 3.63) is 22.6 Å². The zero-order valence-electron chi connectivity index (χ0n) is 4.24. The summed E-state index contributed by atoms with van der Waals surface area (Å²) in [7, 11) is 0. The van der Waals surface area contributed by atoms with Gasteiger partial charge in [0.05, 0.1) is 0 Å². The number of carbonyl (C=O) groups excluding carboxylic acids is 1. The van der Waals surface area contributed by atoms with E-state index < -0.39 is 0 Å². The third-order valence-electron chi connectivity index (χ3n) is 0.842. The minimum absolute atomic E-state index is 0.261. The van der Waals surface area contributed by atoms with Gasteiger partial charge in [0.25, 0.3) is 0 Å². The van der Waals surface area contributed by atoms with Gasteiger partial charge >= 0.3 is 53.8 Å². The van der Waals surface area contributed by atoms with Crippen LogP contribution in [0.1, 0.15) is 0 Å². The van der Waals surface area contributed by atoms with Gasteiger partial charge in [-0.2, -0.15) is 0 Å². The third-order valence-corrected chi connectivity index (χ3v) is 2.19. The van der Waals surface area contributed by atoms with E-state index in [-0.39, 0.29) is 15.3 Å². The normalized spacial score (nSPS) is 17.8. The van der Waals surface area contributed by atoms with Gasteiger partial charge in [-0.25, -0.2) is 0 Å². The van der Waals surface area contributed by atoms with Crippen molar-refractivity contribution in [3.63, 3.8) is 0 Å². The van der Waals surface area contributed by atoms with E-state index in [4.69, 9.17) is 0 Å². The Labute approximate surface area is 54.3 Å². The van der Waals surface area contributed by atoms with Gasteiger partial charge in [0.1, 0.15) is 0 Å². The second-order valence-electron chi connectivity index (χ2n) is 1.40. The molecule has 1 rings (SSSR count). The van der Waals surface area contributed by atoms with Crippen LogP contribution in [0.3, 0.4) is 0 Å². The Morgan fingerprint density at radius 3 is 2.88 bits per heavy atom. The molecule has 8 heavy (non-hydrogen) atoms. The summed E-state index contributed by atoms with van der Waals surface area (Å²) in [6.07, 6.45) is 4.60. The molecule has 0 atom stereocenters. The molecule has 40 valence electrons. The molecule has 0 spiro atoms. The first-order chi connectivity index (χ1) is 3.93. The van der Waals surface area contributed by atoms with Crippen LogP contribution in [-0.4, -0.2) is 26.4 Å². The molecule has 1 aliphatic rings. The number of rotatable bonds is 1. The quantitative estimate of drug-likeness (QED) is 0.402. The Morgan fingerprint density at radius 2 is 2.50 bits per heavy atom. The molecule has 0 unspecified atom stereocenters. The molecule has 0 amide bonds. The molecular formula is C6H5AsO. The fourth-order valence-corrected chi connectivity index (χ4v) is 1.73. The maximum atomic E-state index is 10.0. The van der Waals surface area contributed by atoms with E-state index >= 15 is 0 Å². The van der Waals surface area contributed by atoms with E-state index in [1.807, 2.05) is 12.2 Å². The van der Waals surface area contributed by atoms with Crippen molar-refractivity contribution in [2.75, 3.05) is 0 Å². The van der Waals surface area contributed by atoms with Crippen LogP contribution in [0, 0.1) is 0 Å². The van der Waals surface area contributed by atoms with Gasteiger partial charge in [0, 0.05) is 0 Å². The van der Waals surface area contributed by atoms with E-state index in [0.29, 0.717) is 0 Å². The molecule has 0 N–H and O–H groups in total. The zero-order valence-corrected chi connectivity index (χ0v) is 6.12. The molecule has 0 radical (unpaired) electrons. The molecule has 1 aliphatic heterocycles. The molecule has 0 saturated carbocycles. The van der Waals surface area contributed by atoms with Crippen LogP contribution in [0.4, 0.5) is 0 Å². The summed E-state index contributed by atoms with van der Waals surface area (Å²) in [5, 5.41) is 0. The van der Waals surface area contributed by atoms with E-state index in [1.54, 1.807) is 0 Å². The summed E-state index contributed by atoms with van der Waals surface area (Å²) in [4.78, 5) is 14.1. The SMILES string of the molecule is O=CC1=CC=[As]C=C1. The first-order valence-electron chi connectivity index (χ1n) is 2.28. The predicted octanol–water partition coefficient (Wildman–Crippen LogP) is 0.145. The Bertz CT molecular complexity index is 177. The van der Waals surface area contributed by atoms with E-state index in [1.165, 1.54) is 0 Å². The van der Waals surface area contributed by atoms with Crippen molar-refractivity contribution < 1.29 is 4.79 Å². The van der Waals surface area contributed by atoms with E-state index in [9.17, 15) is 4.79 Å². The second kappa shape index (κ2) is 2.78. The van der Waals surface area contributed by atoms with Crippen LogP contribution >= 0.6 is 0 Å². The second-order valence-corrected chi connectivity index (χ2v) is 3.27. The third kappa shape index (κ3) is 1.27. The summed E-state index contributed by atoms with van der Waals surface area (Å²) in [6.45, 7) is 0. The standard InChI is InChI=1S/C6H5AsO/c8-5-6-1-3-7-4-2-6/h1-5H. The van der Waals surface area contributed by atoms with Crippen LogP contribution in [0.15, 0.2) is 22.6 Å². The van der Waals surface area contributed by atoms with Gasteiger partial charge in [-0.3, -0.25) is 0 Å². The first-order valence-corrected chi connectivity index (χ1v) is 4.45. The van der Waals surface area contributed by atoms with Gasteiger partial charge < -0.3 is 0 Å². The topological polar surface area (TPSA) is 17.1 Å². The Hall–Kier alpha value is -0.422. The van der Waals surface area contributed by atoms with Crippen molar-refractivity contribution in [2.24, 2.45) is 0 Å². The first kappa shape index (κ1) is 5.71. The van der Waals surface area contributed by atoms with E-state index in [2.05, 4.69) is 9.67 Å². The van der Waals surface area contributed by atoms with Crippen LogP contribution in [0.25, 0.3) is 0 Å². The van der Waals surface area contributed by atoms with Crippen LogP contribution in [0.2, 0.25) is 0 Å². The average molecular weight is 168 g/mol. The summed E-state index contributed by atoms with van der Waals surface area (Å²) >= 11 is 0.261. The summed E-state index contributed by atoms with van der Waals surface area (Å²) in [5.74, 6) is 0. The van der Waals surface area contributed by atoms with Gasteiger partial charge in [-0.15, -0.1) is 0 Å². The molecule has 0 bridgehead atoms. The fraction of sp³-hybridized carbons (Fsp3) is 0. The Morgan fingerprint density at radius 1 is 1.62 bits per heavy atom. The summed E-state index contributed by atoms with van der Waals surface area (Å²) in [5.41, 5.74) is 0.784. The fourth-order valence-electron chi connectivity index (χ4n) is 0.442. The van der Waals surface area contributed by atoms with Crippen LogP contribution in [0.5, 0.6) is 0 Å². The predicted molar refractivity (Wildman–Crippen MR) is 35.1 cm³/mol. The molecule has 0 aromatic heterocycles. The van der Waals surface area contributed by atoms with Gasteiger partial charge in [-0.05, 0) is 0 Å². The minimum atomic E-state index is 0.261. The Kier molecular flexibility index (Phi) is 1.99. The molecule has 2 heteroatoms. The number of hydrogen-bond acceptors (Lipinski definition) is 1. The number of aldehydes is 1. The van der Waals surface area contributed by atoms with Crippen molar-refractivity contribution in [1.29, 1.82) is 0 Å². The van der Waals surface area contributed by atoms with Crippen molar-refractivity contribution in [1.82, 2.24) is 0 Å². The number of allylic oxidation sites excluding steroid dienone is 3. The number of hydrogen-bond donors (Lipinski definition) is 0. The molecule has 0 aromatic rings. The molecule has 0 fully saturated rings. The molecular weight excluding hydrogens is 163 g/mol. The van der Waals surface area contributed by atoms with Crippen molar-refractivity contribution in [2.45, 2.75) is 0 Å². The van der Waals surface area contributed by atoms with Crippen molar-refractivity contribution >= 4 is 26.4 Å². The van der Waals surface area contributed by atoms with Crippen LogP contribution in [-0.2, 0) is 4.79 Å². The molecule has 1 heterocycles. The maximum absolute atomic E-state index is 10.0. The Balaban J connectivity index is 2.82. The van der Waals surface area contributed by atoms with Gasteiger partial charge in [0.2, 0.25) is 0 Å².